The number of nitrogens with zero attached hydrogens (tertiary/aromatic N) is 4. The van der Waals surface area contributed by atoms with E-state index in [1.807, 2.05) is 12.4 Å². The van der Waals surface area contributed by atoms with Gasteiger partial charge in [0.1, 0.15) is 0 Å². The van der Waals surface area contributed by atoms with Crippen molar-refractivity contribution >= 4 is 11.8 Å². The molecule has 2 aliphatic rings. The van der Waals surface area contributed by atoms with Crippen LogP contribution in [-0.2, 0) is 0 Å². The molecule has 0 spiro atoms. The normalized spacial score (nSPS) is 19.7. The molecule has 0 aromatic carbocycles. The van der Waals surface area contributed by atoms with Gasteiger partial charge in [-0.15, -0.1) is 0 Å². The van der Waals surface area contributed by atoms with Crippen LogP contribution in [0, 0.1) is 0 Å². The van der Waals surface area contributed by atoms with Crippen LogP contribution >= 0.6 is 11.8 Å². The minimum absolute atomic E-state index is 1.08. The van der Waals surface area contributed by atoms with Gasteiger partial charge in [0.15, 0.2) is 0 Å². The molecule has 0 atom stereocenters. The van der Waals surface area contributed by atoms with Gasteiger partial charge < -0.3 is 9.80 Å². The third-order valence-electron chi connectivity index (χ3n) is 4.71. The Bertz CT molecular complexity index is 318. The van der Waals surface area contributed by atoms with Crippen LogP contribution in [0.15, 0.2) is 25.6 Å². The Labute approximate surface area is 147 Å². The Morgan fingerprint density at radius 1 is 0.696 bits per heavy atom. The van der Waals surface area contributed by atoms with Gasteiger partial charge in [-0.05, 0) is 49.7 Å². The molecule has 0 radical (unpaired) electrons. The maximum atomic E-state index is 3.84. The molecule has 0 N–H and O–H groups in total. The zero-order chi connectivity index (χ0) is 16.3. The summed E-state index contributed by atoms with van der Waals surface area (Å²) in [5.41, 5.74) is 0. The van der Waals surface area contributed by atoms with Gasteiger partial charge in [-0.1, -0.05) is 19.6 Å². The highest BCUT2D eigenvalue weighted by Crippen LogP contribution is 2.12. The highest BCUT2D eigenvalue weighted by Gasteiger charge is 2.16. The van der Waals surface area contributed by atoms with Crippen molar-refractivity contribution in [2.75, 3.05) is 64.1 Å². The van der Waals surface area contributed by atoms with Crippen molar-refractivity contribution in [3.05, 3.63) is 25.6 Å². The minimum Gasteiger partial charge on any atom is -0.364 e. The molecule has 5 heteroatoms. The second-order valence-electron chi connectivity index (χ2n) is 6.54. The van der Waals surface area contributed by atoms with Crippen molar-refractivity contribution in [1.82, 2.24) is 19.6 Å². The molecule has 132 valence electrons. The lowest BCUT2D eigenvalue weighted by atomic mass is 10.2. The van der Waals surface area contributed by atoms with Crippen molar-refractivity contribution in [3.8, 4) is 0 Å². The van der Waals surface area contributed by atoms with Crippen LogP contribution in [0.25, 0.3) is 0 Å². The molecule has 0 amide bonds. The Kier molecular flexibility index (Phi) is 8.94. The lowest BCUT2D eigenvalue weighted by Gasteiger charge is -2.16. The average molecular weight is 339 g/mol. The number of unbranched alkanes of at least 4 members (excludes halogenated alkanes) is 2. The van der Waals surface area contributed by atoms with Gasteiger partial charge in [-0.2, -0.15) is 11.8 Å². The van der Waals surface area contributed by atoms with Crippen LogP contribution in [0.3, 0.4) is 0 Å². The zero-order valence-corrected chi connectivity index (χ0v) is 15.5. The molecule has 2 saturated heterocycles. The topological polar surface area (TPSA) is 13.0 Å². The maximum absolute atomic E-state index is 3.84. The summed E-state index contributed by atoms with van der Waals surface area (Å²) >= 11 is 2.13. The summed E-state index contributed by atoms with van der Waals surface area (Å²) in [4.78, 5) is 9.66. The predicted molar refractivity (Wildman–Crippen MR) is 102 cm³/mol. The first kappa shape index (κ1) is 18.7. The Morgan fingerprint density at radius 3 is 1.83 bits per heavy atom. The van der Waals surface area contributed by atoms with E-state index in [1.165, 1.54) is 63.4 Å². The lowest BCUT2D eigenvalue weighted by Crippen LogP contribution is -2.24. The van der Waals surface area contributed by atoms with E-state index in [2.05, 4.69) is 44.5 Å². The van der Waals surface area contributed by atoms with E-state index in [0.717, 1.165) is 26.4 Å². The second-order valence-corrected chi connectivity index (χ2v) is 7.76. The van der Waals surface area contributed by atoms with Gasteiger partial charge in [0.25, 0.3) is 0 Å². The fourth-order valence-electron chi connectivity index (χ4n) is 3.21. The highest BCUT2D eigenvalue weighted by atomic mass is 32.2. The van der Waals surface area contributed by atoms with Gasteiger partial charge in [0.2, 0.25) is 0 Å². The van der Waals surface area contributed by atoms with E-state index in [0.29, 0.717) is 0 Å². The molecule has 0 aliphatic carbocycles. The van der Waals surface area contributed by atoms with Crippen LogP contribution in [0.4, 0.5) is 0 Å². The molecular weight excluding hydrogens is 304 g/mol. The molecule has 2 fully saturated rings. The van der Waals surface area contributed by atoms with E-state index < -0.39 is 0 Å². The van der Waals surface area contributed by atoms with Crippen LogP contribution in [0.2, 0.25) is 0 Å². The van der Waals surface area contributed by atoms with Gasteiger partial charge in [0, 0.05) is 32.7 Å². The molecule has 0 unspecified atom stereocenters. The molecule has 2 aliphatic heterocycles. The maximum Gasteiger partial charge on any atom is 0.0702 e. The fraction of sp³-hybridized carbons (Fsp3) is 0.778. The zero-order valence-electron chi connectivity index (χ0n) is 14.7. The summed E-state index contributed by atoms with van der Waals surface area (Å²) in [7, 11) is 0. The number of thioether (sulfide) groups is 1. The van der Waals surface area contributed by atoms with E-state index in [9.17, 15) is 0 Å². The molecule has 23 heavy (non-hydrogen) atoms. The van der Waals surface area contributed by atoms with Gasteiger partial charge in [0.05, 0.1) is 13.3 Å². The van der Waals surface area contributed by atoms with Crippen molar-refractivity contribution in [2.24, 2.45) is 0 Å². The largest absolute Gasteiger partial charge is 0.364 e. The molecule has 2 heterocycles. The summed E-state index contributed by atoms with van der Waals surface area (Å²) < 4.78 is 0. The average Bonchev–Trinajstić information content (AvgIpc) is 3.22. The van der Waals surface area contributed by atoms with Crippen LogP contribution in [-0.4, -0.2) is 83.7 Å². The van der Waals surface area contributed by atoms with E-state index in [1.54, 1.807) is 0 Å². The molecular formula is C18H34N4S. The number of hydrogen-bond acceptors (Lipinski definition) is 5. The molecule has 4 nitrogen and oxygen atoms in total. The van der Waals surface area contributed by atoms with Gasteiger partial charge in [-0.3, -0.25) is 9.80 Å². The van der Waals surface area contributed by atoms with Gasteiger partial charge in [-0.25, -0.2) is 0 Å². The van der Waals surface area contributed by atoms with E-state index in [-0.39, 0.29) is 0 Å². The third kappa shape index (κ3) is 7.19. The summed E-state index contributed by atoms with van der Waals surface area (Å²) in [5, 5.41) is 0. The first-order valence-corrected chi connectivity index (χ1v) is 10.2. The summed E-state index contributed by atoms with van der Waals surface area (Å²) in [6, 6.07) is 0. The fourth-order valence-corrected chi connectivity index (χ4v) is 4.15. The van der Waals surface area contributed by atoms with E-state index >= 15 is 0 Å². The monoisotopic (exact) mass is 338 g/mol. The third-order valence-corrected chi connectivity index (χ3v) is 5.87. The smallest absolute Gasteiger partial charge is 0.0702 e. The Balaban J connectivity index is 1.33. The quantitative estimate of drug-likeness (QED) is 0.506. The standard InChI is InChI=1S/C18H34N4S/c1-3-19-11-13-21(17-19)9-6-5-7-15-23-16-8-10-22-14-12-20(4-2)18-22/h3-4H,1-2,5-18H2. The number of rotatable bonds is 12. The van der Waals surface area contributed by atoms with Crippen LogP contribution < -0.4 is 0 Å². The molecule has 2 rings (SSSR count). The van der Waals surface area contributed by atoms with Crippen molar-refractivity contribution < 1.29 is 0 Å². The first-order chi connectivity index (χ1) is 11.3. The summed E-state index contributed by atoms with van der Waals surface area (Å²) in [5.74, 6) is 2.64. The molecule has 0 aromatic heterocycles. The Hall–Kier alpha value is -0.650. The molecule has 0 aromatic rings. The molecule has 0 bridgehead atoms. The van der Waals surface area contributed by atoms with Crippen molar-refractivity contribution in [1.29, 1.82) is 0 Å². The van der Waals surface area contributed by atoms with Crippen LogP contribution in [0.5, 0.6) is 0 Å². The minimum atomic E-state index is 1.08. The highest BCUT2D eigenvalue weighted by molar-refractivity contribution is 7.99. The lowest BCUT2D eigenvalue weighted by molar-refractivity contribution is 0.284. The van der Waals surface area contributed by atoms with Gasteiger partial charge >= 0.3 is 0 Å². The summed E-state index contributed by atoms with van der Waals surface area (Å²) in [6.07, 6.45) is 9.34. The summed E-state index contributed by atoms with van der Waals surface area (Å²) in [6.45, 7) is 17.1. The SMILES string of the molecule is C=CN1CCN(CCCCCSCCCN2CCN(C=C)C2)C1. The Morgan fingerprint density at radius 2 is 1.26 bits per heavy atom. The van der Waals surface area contributed by atoms with Crippen LogP contribution in [0.1, 0.15) is 25.7 Å². The van der Waals surface area contributed by atoms with E-state index in [4.69, 9.17) is 0 Å². The predicted octanol–water partition coefficient (Wildman–Crippen LogP) is 2.72. The number of hydrogen-bond donors (Lipinski definition) is 0. The second kappa shape index (κ2) is 11.0. The van der Waals surface area contributed by atoms with Crippen molar-refractivity contribution in [3.63, 3.8) is 0 Å². The van der Waals surface area contributed by atoms with Crippen molar-refractivity contribution in [2.45, 2.75) is 25.7 Å². The molecule has 0 saturated carbocycles. The first-order valence-electron chi connectivity index (χ1n) is 9.07.